The monoisotopic (exact) mass is 354 g/mol. The number of hydrogen-bond donors (Lipinski definition) is 1. The zero-order valence-electron chi connectivity index (χ0n) is 11.6. The maximum absolute atomic E-state index is 10.8. The van der Waals surface area contributed by atoms with Gasteiger partial charge in [-0.3, -0.25) is 10.1 Å². The summed E-state index contributed by atoms with van der Waals surface area (Å²) in [5.41, 5.74) is 0.845. The lowest BCUT2D eigenvalue weighted by atomic mass is 10.0. The van der Waals surface area contributed by atoms with Crippen LogP contribution in [0.25, 0.3) is 0 Å². The first-order chi connectivity index (χ1) is 10.1. The van der Waals surface area contributed by atoms with Crippen LogP contribution in [0.4, 0.5) is 5.88 Å². The number of rotatable bonds is 6. The van der Waals surface area contributed by atoms with Crippen LogP contribution in [0.3, 0.4) is 0 Å². The Kier molecular flexibility index (Phi) is 4.98. The minimum absolute atomic E-state index is 0.276. The second-order valence-corrected chi connectivity index (χ2v) is 5.23. The predicted octanol–water partition coefficient (Wildman–Crippen LogP) is 3.66. The van der Waals surface area contributed by atoms with E-state index in [0.717, 1.165) is 10.0 Å². The fraction of sp³-hybridized carbons (Fsp3) is 0.286. The van der Waals surface area contributed by atoms with Gasteiger partial charge in [0, 0.05) is 10.0 Å². The summed E-state index contributed by atoms with van der Waals surface area (Å²) in [7, 11) is 1.58. The number of nitrogens with one attached hydrogen (secondary N) is 1. The average molecular weight is 355 g/mol. The van der Waals surface area contributed by atoms with Gasteiger partial charge in [-0.15, -0.1) is 0 Å². The summed E-state index contributed by atoms with van der Waals surface area (Å²) >= 11 is 3.42. The third kappa shape index (κ3) is 3.43. The van der Waals surface area contributed by atoms with Crippen LogP contribution in [0.15, 0.2) is 39.2 Å². The molecule has 112 valence electrons. The first kappa shape index (κ1) is 15.5. The Hall–Kier alpha value is -1.86. The van der Waals surface area contributed by atoms with Gasteiger partial charge in [-0.05, 0) is 30.8 Å². The van der Waals surface area contributed by atoms with Crippen LogP contribution < -0.4 is 10.1 Å². The second-order valence-electron chi connectivity index (χ2n) is 4.31. The number of halogens is 1. The Morgan fingerprint density at radius 2 is 2.19 bits per heavy atom. The Morgan fingerprint density at radius 3 is 2.76 bits per heavy atom. The van der Waals surface area contributed by atoms with E-state index in [0.29, 0.717) is 18.1 Å². The summed E-state index contributed by atoms with van der Waals surface area (Å²) in [6.07, 6.45) is 0. The zero-order chi connectivity index (χ0) is 15.4. The predicted molar refractivity (Wildman–Crippen MR) is 81.6 cm³/mol. The third-order valence-electron chi connectivity index (χ3n) is 2.99. The fourth-order valence-corrected chi connectivity index (χ4v) is 2.47. The van der Waals surface area contributed by atoms with Crippen LogP contribution in [-0.4, -0.2) is 18.6 Å². The van der Waals surface area contributed by atoms with Crippen LogP contribution in [0.1, 0.15) is 24.3 Å². The van der Waals surface area contributed by atoms with Gasteiger partial charge >= 0.3 is 5.88 Å². The zero-order valence-corrected chi connectivity index (χ0v) is 13.2. The van der Waals surface area contributed by atoms with Crippen LogP contribution in [-0.2, 0) is 0 Å². The third-order valence-corrected chi connectivity index (χ3v) is 3.48. The van der Waals surface area contributed by atoms with Gasteiger partial charge in [0.2, 0.25) is 0 Å². The molecule has 0 amide bonds. The van der Waals surface area contributed by atoms with E-state index in [9.17, 15) is 10.1 Å². The van der Waals surface area contributed by atoms with Crippen molar-refractivity contribution >= 4 is 21.8 Å². The van der Waals surface area contributed by atoms with Crippen molar-refractivity contribution in [2.24, 2.45) is 0 Å². The normalized spacial score (nSPS) is 12.1. The topological polar surface area (TPSA) is 77.5 Å². The largest absolute Gasteiger partial charge is 0.496 e. The maximum Gasteiger partial charge on any atom is 0.433 e. The van der Waals surface area contributed by atoms with Gasteiger partial charge < -0.3 is 14.5 Å². The summed E-state index contributed by atoms with van der Waals surface area (Å²) < 4.78 is 11.6. The molecule has 1 aromatic carbocycles. The van der Waals surface area contributed by atoms with Crippen molar-refractivity contribution in [1.82, 2.24) is 5.32 Å². The molecule has 0 bridgehead atoms. The summed E-state index contributed by atoms with van der Waals surface area (Å²) in [6, 6.07) is 8.24. The molecule has 0 fully saturated rings. The van der Waals surface area contributed by atoms with Gasteiger partial charge in [0.1, 0.15) is 16.4 Å². The number of nitro groups is 1. The highest BCUT2D eigenvalue weighted by atomic mass is 79.9. The number of benzene rings is 1. The van der Waals surface area contributed by atoms with Crippen molar-refractivity contribution in [3.05, 3.63) is 56.2 Å². The van der Waals surface area contributed by atoms with E-state index in [1.54, 1.807) is 13.2 Å². The molecule has 2 rings (SSSR count). The van der Waals surface area contributed by atoms with Gasteiger partial charge in [-0.1, -0.05) is 22.9 Å². The summed E-state index contributed by atoms with van der Waals surface area (Å²) in [6.45, 7) is 2.63. The van der Waals surface area contributed by atoms with Crippen molar-refractivity contribution in [1.29, 1.82) is 0 Å². The molecule has 0 aliphatic heterocycles. The molecule has 1 unspecified atom stereocenters. The number of furan rings is 1. The maximum atomic E-state index is 10.8. The molecule has 21 heavy (non-hydrogen) atoms. The lowest BCUT2D eigenvalue weighted by Gasteiger charge is -2.19. The molecule has 0 saturated heterocycles. The van der Waals surface area contributed by atoms with Gasteiger partial charge in [0.25, 0.3) is 0 Å². The van der Waals surface area contributed by atoms with Crippen LogP contribution in [0.2, 0.25) is 0 Å². The number of ether oxygens (including phenoxy) is 1. The van der Waals surface area contributed by atoms with Crippen LogP contribution >= 0.6 is 15.9 Å². The van der Waals surface area contributed by atoms with Crippen molar-refractivity contribution in [3.8, 4) is 5.75 Å². The summed E-state index contributed by atoms with van der Waals surface area (Å²) in [5.74, 6) is 0.880. The molecule has 6 nitrogen and oxygen atoms in total. The first-order valence-electron chi connectivity index (χ1n) is 6.37. The fourth-order valence-electron chi connectivity index (χ4n) is 2.09. The van der Waals surface area contributed by atoms with Gasteiger partial charge in [0.05, 0.1) is 19.2 Å². The SMILES string of the molecule is CCNC(c1ccc([N+](=O)[O-])o1)c1cc(Br)ccc1OC. The summed E-state index contributed by atoms with van der Waals surface area (Å²) in [5, 5.41) is 14.0. The van der Waals surface area contributed by atoms with Crippen molar-refractivity contribution < 1.29 is 14.1 Å². The molecule has 7 heteroatoms. The van der Waals surface area contributed by atoms with E-state index in [4.69, 9.17) is 9.15 Å². The van der Waals surface area contributed by atoms with Crippen molar-refractivity contribution in [2.45, 2.75) is 13.0 Å². The minimum Gasteiger partial charge on any atom is -0.496 e. The molecule has 0 spiro atoms. The molecule has 0 aliphatic rings. The number of nitrogens with zero attached hydrogens (tertiary/aromatic N) is 1. The van der Waals surface area contributed by atoms with Gasteiger partial charge in [-0.25, -0.2) is 0 Å². The quantitative estimate of drug-likeness (QED) is 0.632. The molecule has 1 aromatic heterocycles. The van der Waals surface area contributed by atoms with Crippen molar-refractivity contribution in [2.75, 3.05) is 13.7 Å². The number of hydrogen-bond acceptors (Lipinski definition) is 5. The molecule has 0 aliphatic carbocycles. The first-order valence-corrected chi connectivity index (χ1v) is 7.17. The molecule has 1 atom stereocenters. The second kappa shape index (κ2) is 6.73. The van der Waals surface area contributed by atoms with Gasteiger partial charge in [-0.2, -0.15) is 0 Å². The van der Waals surface area contributed by atoms with Crippen LogP contribution in [0, 0.1) is 10.1 Å². The highest BCUT2D eigenvalue weighted by Crippen LogP contribution is 2.34. The van der Waals surface area contributed by atoms with E-state index in [2.05, 4.69) is 21.2 Å². The molecule has 0 radical (unpaired) electrons. The van der Waals surface area contributed by atoms with E-state index < -0.39 is 4.92 Å². The highest BCUT2D eigenvalue weighted by Gasteiger charge is 2.23. The van der Waals surface area contributed by atoms with Gasteiger partial charge in [0.15, 0.2) is 0 Å². The van der Waals surface area contributed by atoms with Crippen molar-refractivity contribution in [3.63, 3.8) is 0 Å². The Labute approximate surface area is 130 Å². The molecule has 0 saturated carbocycles. The van der Waals surface area contributed by atoms with E-state index >= 15 is 0 Å². The molecule has 1 N–H and O–H groups in total. The Morgan fingerprint density at radius 1 is 1.43 bits per heavy atom. The van der Waals surface area contributed by atoms with E-state index in [1.165, 1.54) is 6.07 Å². The highest BCUT2D eigenvalue weighted by molar-refractivity contribution is 9.10. The average Bonchev–Trinajstić information content (AvgIpc) is 2.94. The standard InChI is InChI=1S/C14H15BrN2O4/c1-3-16-14(12-6-7-13(21-12)17(18)19)10-8-9(15)4-5-11(10)20-2/h4-8,14,16H,3H2,1-2H3. The molecular weight excluding hydrogens is 340 g/mol. The lowest BCUT2D eigenvalue weighted by molar-refractivity contribution is -0.402. The number of methoxy groups -OCH3 is 1. The Bertz CT molecular complexity index is 642. The molecule has 1 heterocycles. The van der Waals surface area contributed by atoms with E-state index in [-0.39, 0.29) is 11.9 Å². The summed E-state index contributed by atoms with van der Waals surface area (Å²) in [4.78, 5) is 10.2. The Balaban J connectivity index is 2.47. The molecule has 2 aromatic rings. The lowest BCUT2D eigenvalue weighted by Crippen LogP contribution is -2.22. The van der Waals surface area contributed by atoms with E-state index in [1.807, 2.05) is 25.1 Å². The minimum atomic E-state index is -0.551. The molecular formula is C14H15BrN2O4. The van der Waals surface area contributed by atoms with Crippen LogP contribution in [0.5, 0.6) is 5.75 Å². The smallest absolute Gasteiger partial charge is 0.433 e.